The molecule has 1 heterocycles. The van der Waals surface area contributed by atoms with E-state index in [4.69, 9.17) is 16.0 Å². The van der Waals surface area contributed by atoms with Crippen LogP contribution in [0.1, 0.15) is 23.2 Å². The number of aliphatic hydroxyl groups is 1. The van der Waals surface area contributed by atoms with Crippen LogP contribution in [0.4, 0.5) is 0 Å². The van der Waals surface area contributed by atoms with Gasteiger partial charge in [0.2, 0.25) is 0 Å². The van der Waals surface area contributed by atoms with Gasteiger partial charge in [-0.05, 0) is 31.9 Å². The summed E-state index contributed by atoms with van der Waals surface area (Å²) in [5, 5.41) is 21.3. The van der Waals surface area contributed by atoms with Crippen LogP contribution in [-0.4, -0.2) is 33.5 Å². The van der Waals surface area contributed by atoms with Crippen LogP contribution in [0.5, 0.6) is 0 Å². The number of aromatic nitrogens is 1. The van der Waals surface area contributed by atoms with Crippen molar-refractivity contribution in [3.63, 3.8) is 0 Å². The first-order chi connectivity index (χ1) is 8.10. The number of thioether (sulfide) groups is 1. The summed E-state index contributed by atoms with van der Waals surface area (Å²) in [4.78, 5) is 4.38. The maximum Gasteiger partial charge on any atom is 0.173 e. The third-order valence-electron chi connectivity index (χ3n) is 2.22. The molecule has 0 aromatic carbocycles. The lowest BCUT2D eigenvalue weighted by atomic mass is 10.1. The van der Waals surface area contributed by atoms with Crippen molar-refractivity contribution >= 4 is 17.6 Å². The molecule has 0 saturated heterocycles. The van der Waals surface area contributed by atoms with Crippen LogP contribution in [0.3, 0.4) is 0 Å². The maximum atomic E-state index is 8.76. The molecule has 0 unspecified atom stereocenters. The van der Waals surface area contributed by atoms with Crippen LogP contribution in [-0.2, 0) is 0 Å². The molecule has 6 heteroatoms. The van der Waals surface area contributed by atoms with Crippen LogP contribution in [0.2, 0.25) is 0 Å². The van der Waals surface area contributed by atoms with Gasteiger partial charge in [-0.15, -0.1) is 11.8 Å². The van der Waals surface area contributed by atoms with E-state index in [1.165, 1.54) is 11.8 Å². The van der Waals surface area contributed by atoms with E-state index in [1.807, 2.05) is 19.9 Å². The summed E-state index contributed by atoms with van der Waals surface area (Å²) in [6, 6.07) is 1.89. The van der Waals surface area contributed by atoms with Crippen LogP contribution < -0.4 is 5.73 Å². The van der Waals surface area contributed by atoms with Gasteiger partial charge in [-0.2, -0.15) is 0 Å². The molecule has 1 rings (SSSR count). The standard InChI is InChI=1S/C11H17N3O2S/c1-7-6-8(2)13-11(17-5-3-4-15)9(7)10(12)14-16/h6,15-16H,3-5H2,1-2H3,(H2,12,14). The topological polar surface area (TPSA) is 91.7 Å². The molecular formula is C11H17N3O2S. The molecule has 0 fully saturated rings. The number of hydrogen-bond acceptors (Lipinski definition) is 5. The molecule has 0 aliphatic rings. The van der Waals surface area contributed by atoms with Gasteiger partial charge in [0.25, 0.3) is 0 Å². The first kappa shape index (κ1) is 13.8. The molecule has 0 amide bonds. The predicted molar refractivity (Wildman–Crippen MR) is 68.6 cm³/mol. The molecule has 94 valence electrons. The van der Waals surface area contributed by atoms with Crippen molar-refractivity contribution in [3.05, 3.63) is 22.9 Å². The third-order valence-corrected chi connectivity index (χ3v) is 3.28. The Morgan fingerprint density at radius 3 is 2.82 bits per heavy atom. The number of aliphatic hydroxyl groups excluding tert-OH is 1. The molecule has 0 radical (unpaired) electrons. The van der Waals surface area contributed by atoms with Gasteiger partial charge >= 0.3 is 0 Å². The molecule has 5 nitrogen and oxygen atoms in total. The van der Waals surface area contributed by atoms with Gasteiger partial charge in [-0.3, -0.25) is 0 Å². The second-order valence-electron chi connectivity index (χ2n) is 3.67. The molecule has 1 aromatic heterocycles. The third kappa shape index (κ3) is 3.61. The first-order valence-electron chi connectivity index (χ1n) is 5.30. The number of rotatable bonds is 5. The first-order valence-corrected chi connectivity index (χ1v) is 6.28. The van der Waals surface area contributed by atoms with Crippen molar-refractivity contribution in [2.45, 2.75) is 25.3 Å². The molecule has 0 spiro atoms. The van der Waals surface area contributed by atoms with Gasteiger partial charge in [-0.25, -0.2) is 4.98 Å². The van der Waals surface area contributed by atoms with Gasteiger partial charge in [0.15, 0.2) is 5.84 Å². The normalized spacial score (nSPS) is 11.8. The maximum absolute atomic E-state index is 8.76. The summed E-state index contributed by atoms with van der Waals surface area (Å²) in [7, 11) is 0. The van der Waals surface area contributed by atoms with Gasteiger partial charge in [0.1, 0.15) is 5.03 Å². The summed E-state index contributed by atoms with van der Waals surface area (Å²) in [5.41, 5.74) is 8.14. The lowest BCUT2D eigenvalue weighted by molar-refractivity contribution is 0.296. The van der Waals surface area contributed by atoms with Gasteiger partial charge in [-0.1, -0.05) is 5.16 Å². The number of amidine groups is 1. The van der Waals surface area contributed by atoms with Crippen LogP contribution >= 0.6 is 11.8 Å². The van der Waals surface area contributed by atoms with Gasteiger partial charge in [0, 0.05) is 18.1 Å². The lowest BCUT2D eigenvalue weighted by Crippen LogP contribution is -2.17. The minimum absolute atomic E-state index is 0.0708. The average molecular weight is 255 g/mol. The molecular weight excluding hydrogens is 238 g/mol. The minimum Gasteiger partial charge on any atom is -0.409 e. The lowest BCUT2D eigenvalue weighted by Gasteiger charge is -2.11. The fourth-order valence-corrected chi connectivity index (χ4v) is 2.59. The Bertz CT molecular complexity index is 421. The van der Waals surface area contributed by atoms with Crippen molar-refractivity contribution in [3.8, 4) is 0 Å². The van der Waals surface area contributed by atoms with Gasteiger partial charge in [0.05, 0.1) is 5.56 Å². The molecule has 0 aliphatic carbocycles. The van der Waals surface area contributed by atoms with Crippen molar-refractivity contribution < 1.29 is 10.3 Å². The van der Waals surface area contributed by atoms with E-state index in [0.29, 0.717) is 12.0 Å². The Morgan fingerprint density at radius 1 is 1.53 bits per heavy atom. The van der Waals surface area contributed by atoms with Crippen molar-refractivity contribution in [2.75, 3.05) is 12.4 Å². The van der Waals surface area contributed by atoms with Crippen LogP contribution in [0.15, 0.2) is 16.2 Å². The number of nitrogens with two attached hydrogens (primary N) is 1. The highest BCUT2D eigenvalue weighted by Crippen LogP contribution is 2.24. The molecule has 17 heavy (non-hydrogen) atoms. The number of oxime groups is 1. The quantitative estimate of drug-likeness (QED) is 0.184. The molecule has 0 atom stereocenters. The largest absolute Gasteiger partial charge is 0.409 e. The number of hydrogen-bond donors (Lipinski definition) is 3. The van der Waals surface area contributed by atoms with Crippen molar-refractivity contribution in [2.24, 2.45) is 10.9 Å². The molecule has 4 N–H and O–H groups in total. The van der Waals surface area contributed by atoms with E-state index >= 15 is 0 Å². The number of pyridine rings is 1. The smallest absolute Gasteiger partial charge is 0.173 e. The minimum atomic E-state index is 0.0708. The van der Waals surface area contributed by atoms with E-state index in [0.717, 1.165) is 22.0 Å². The molecule has 0 saturated carbocycles. The fourth-order valence-electron chi connectivity index (χ4n) is 1.50. The zero-order valence-electron chi connectivity index (χ0n) is 9.97. The summed E-state index contributed by atoms with van der Waals surface area (Å²) in [6.45, 7) is 3.95. The van der Waals surface area contributed by atoms with Crippen molar-refractivity contribution in [1.29, 1.82) is 0 Å². The average Bonchev–Trinajstić information content (AvgIpc) is 2.28. The number of nitrogens with zero attached hydrogens (tertiary/aromatic N) is 2. The van der Waals surface area contributed by atoms with Gasteiger partial charge < -0.3 is 16.0 Å². The second-order valence-corrected chi connectivity index (χ2v) is 4.76. The zero-order chi connectivity index (χ0) is 12.8. The Balaban J connectivity index is 3.07. The monoisotopic (exact) mass is 255 g/mol. The zero-order valence-corrected chi connectivity index (χ0v) is 10.8. The molecule has 1 aromatic rings. The highest BCUT2D eigenvalue weighted by atomic mass is 32.2. The predicted octanol–water partition coefficient (Wildman–Crippen LogP) is 1.27. The molecule has 0 bridgehead atoms. The highest BCUT2D eigenvalue weighted by Gasteiger charge is 2.13. The molecule has 0 aliphatic heterocycles. The Labute approximate surface area is 105 Å². The fraction of sp³-hybridized carbons (Fsp3) is 0.455. The van der Waals surface area contributed by atoms with E-state index < -0.39 is 0 Å². The Hall–Kier alpha value is -1.27. The summed E-state index contributed by atoms with van der Waals surface area (Å²) < 4.78 is 0. The number of aryl methyl sites for hydroxylation is 2. The van der Waals surface area contributed by atoms with Crippen LogP contribution in [0.25, 0.3) is 0 Å². The Morgan fingerprint density at radius 2 is 2.24 bits per heavy atom. The summed E-state index contributed by atoms with van der Waals surface area (Å²) in [6.07, 6.45) is 0.689. The van der Waals surface area contributed by atoms with E-state index in [9.17, 15) is 0 Å². The highest BCUT2D eigenvalue weighted by molar-refractivity contribution is 7.99. The van der Waals surface area contributed by atoms with Crippen molar-refractivity contribution in [1.82, 2.24) is 4.98 Å². The van der Waals surface area contributed by atoms with Crippen LogP contribution in [0, 0.1) is 13.8 Å². The summed E-state index contributed by atoms with van der Waals surface area (Å²) in [5.74, 6) is 0.819. The van der Waals surface area contributed by atoms with E-state index in [1.54, 1.807) is 0 Å². The SMILES string of the molecule is Cc1cc(C)c(C(N)=NO)c(SCCCO)n1. The summed E-state index contributed by atoms with van der Waals surface area (Å²) >= 11 is 1.50. The van der Waals surface area contributed by atoms with E-state index in [-0.39, 0.29) is 12.4 Å². The van der Waals surface area contributed by atoms with E-state index in [2.05, 4.69) is 10.1 Å². The Kier molecular flexibility index (Phi) is 5.24. The second kappa shape index (κ2) is 6.46.